The predicted molar refractivity (Wildman–Crippen MR) is 70.6 cm³/mol. The number of H-pyrrole nitrogens is 1. The lowest BCUT2D eigenvalue weighted by molar-refractivity contribution is 0.477. The third kappa shape index (κ3) is 2.98. The first-order valence-corrected chi connectivity index (χ1v) is 6.28. The Morgan fingerprint density at radius 1 is 1.22 bits per heavy atom. The predicted octanol–water partition coefficient (Wildman–Crippen LogP) is 2.92. The van der Waals surface area contributed by atoms with E-state index in [9.17, 15) is 0 Å². The Morgan fingerprint density at radius 3 is 2.67 bits per heavy atom. The molecule has 2 unspecified atom stereocenters. The summed E-state index contributed by atoms with van der Waals surface area (Å²) in [5.41, 5.74) is 0.944. The molecule has 1 heterocycles. The topological polar surface area (TPSA) is 66.5 Å². The van der Waals surface area contributed by atoms with Gasteiger partial charge < -0.3 is 5.32 Å². The van der Waals surface area contributed by atoms with Crippen molar-refractivity contribution in [3.05, 3.63) is 39.6 Å². The highest BCUT2D eigenvalue weighted by Gasteiger charge is 2.16. The van der Waals surface area contributed by atoms with Gasteiger partial charge in [0.2, 0.25) is 0 Å². The molecule has 0 bridgehead atoms. The maximum atomic E-state index is 6.15. The fourth-order valence-electron chi connectivity index (χ4n) is 1.74. The zero-order chi connectivity index (χ0) is 13.1. The van der Waals surface area contributed by atoms with Gasteiger partial charge in [0.15, 0.2) is 5.82 Å². The molecule has 0 amide bonds. The number of nitrogens with one attached hydrogen (secondary N) is 2. The molecule has 1 aromatic heterocycles. The number of rotatable bonds is 4. The van der Waals surface area contributed by atoms with E-state index in [0.29, 0.717) is 15.9 Å². The standard InChI is InChI=1S/C11H13Cl2N5/c1-6(9-5-8(12)3-4-10(9)13)14-7(2)11-15-17-18-16-11/h3-7,14H,1-2H3,(H,15,16,17,18). The second-order valence-corrected chi connectivity index (χ2v) is 4.89. The normalized spacial score (nSPS) is 14.4. The lowest BCUT2D eigenvalue weighted by Crippen LogP contribution is -2.23. The number of nitrogens with zero attached hydrogens (tertiary/aromatic N) is 3. The van der Waals surface area contributed by atoms with Crippen molar-refractivity contribution >= 4 is 23.2 Å². The summed E-state index contributed by atoms with van der Waals surface area (Å²) in [5, 5.41) is 18.5. The van der Waals surface area contributed by atoms with E-state index >= 15 is 0 Å². The highest BCUT2D eigenvalue weighted by molar-refractivity contribution is 6.33. The molecule has 0 saturated carbocycles. The Hall–Kier alpha value is -1.17. The molecular weight excluding hydrogens is 273 g/mol. The van der Waals surface area contributed by atoms with Gasteiger partial charge in [-0.2, -0.15) is 5.21 Å². The smallest absolute Gasteiger partial charge is 0.191 e. The van der Waals surface area contributed by atoms with Gasteiger partial charge in [-0.05, 0) is 37.6 Å². The van der Waals surface area contributed by atoms with Gasteiger partial charge in [0.05, 0.1) is 6.04 Å². The number of benzene rings is 1. The highest BCUT2D eigenvalue weighted by Crippen LogP contribution is 2.27. The largest absolute Gasteiger partial charge is 0.301 e. The van der Waals surface area contributed by atoms with E-state index in [1.165, 1.54) is 0 Å². The number of aromatic amines is 1. The van der Waals surface area contributed by atoms with Crippen LogP contribution in [-0.2, 0) is 0 Å². The summed E-state index contributed by atoms with van der Waals surface area (Å²) in [5.74, 6) is 0.611. The summed E-state index contributed by atoms with van der Waals surface area (Å²) in [6.45, 7) is 3.97. The van der Waals surface area contributed by atoms with E-state index in [0.717, 1.165) is 5.56 Å². The molecular formula is C11H13Cl2N5. The Labute approximate surface area is 115 Å². The van der Waals surface area contributed by atoms with Crippen LogP contribution in [0.15, 0.2) is 18.2 Å². The molecule has 2 N–H and O–H groups in total. The second kappa shape index (κ2) is 5.65. The van der Waals surface area contributed by atoms with Gasteiger partial charge in [0.25, 0.3) is 0 Å². The summed E-state index contributed by atoms with van der Waals surface area (Å²) < 4.78 is 0. The Morgan fingerprint density at radius 2 is 2.00 bits per heavy atom. The van der Waals surface area contributed by atoms with Gasteiger partial charge in [0, 0.05) is 16.1 Å². The van der Waals surface area contributed by atoms with Crippen LogP contribution in [0.2, 0.25) is 10.0 Å². The molecule has 2 rings (SSSR count). The minimum Gasteiger partial charge on any atom is -0.301 e. The van der Waals surface area contributed by atoms with Crippen molar-refractivity contribution in [2.45, 2.75) is 25.9 Å². The zero-order valence-electron chi connectivity index (χ0n) is 9.98. The van der Waals surface area contributed by atoms with Gasteiger partial charge in [-0.15, -0.1) is 10.2 Å². The minimum atomic E-state index is -0.0335. The van der Waals surface area contributed by atoms with E-state index in [-0.39, 0.29) is 12.1 Å². The lowest BCUT2D eigenvalue weighted by atomic mass is 10.1. The molecule has 18 heavy (non-hydrogen) atoms. The van der Waals surface area contributed by atoms with Crippen molar-refractivity contribution in [2.24, 2.45) is 0 Å². The summed E-state index contributed by atoms with van der Waals surface area (Å²) in [4.78, 5) is 0. The van der Waals surface area contributed by atoms with Crippen molar-refractivity contribution in [1.82, 2.24) is 25.9 Å². The average Bonchev–Trinajstić information content (AvgIpc) is 2.85. The Kier molecular flexibility index (Phi) is 4.16. The summed E-state index contributed by atoms with van der Waals surface area (Å²) in [6.07, 6.45) is 0. The van der Waals surface area contributed by atoms with E-state index in [4.69, 9.17) is 23.2 Å². The first-order valence-electron chi connectivity index (χ1n) is 5.52. The average molecular weight is 286 g/mol. The van der Waals surface area contributed by atoms with E-state index < -0.39 is 0 Å². The van der Waals surface area contributed by atoms with Crippen molar-refractivity contribution < 1.29 is 0 Å². The van der Waals surface area contributed by atoms with E-state index in [1.807, 2.05) is 19.9 Å². The van der Waals surface area contributed by atoms with Gasteiger partial charge in [-0.1, -0.05) is 28.4 Å². The Balaban J connectivity index is 2.12. The molecule has 0 saturated heterocycles. The maximum Gasteiger partial charge on any atom is 0.191 e. The molecule has 5 nitrogen and oxygen atoms in total. The minimum absolute atomic E-state index is 0.0321. The number of halogens is 2. The van der Waals surface area contributed by atoms with Crippen LogP contribution in [0.3, 0.4) is 0 Å². The van der Waals surface area contributed by atoms with E-state index in [1.54, 1.807) is 12.1 Å². The molecule has 2 atom stereocenters. The summed E-state index contributed by atoms with van der Waals surface area (Å²) in [7, 11) is 0. The van der Waals surface area contributed by atoms with Crippen molar-refractivity contribution in [3.63, 3.8) is 0 Å². The zero-order valence-corrected chi connectivity index (χ0v) is 11.5. The SMILES string of the molecule is CC(NC(C)c1cc(Cl)ccc1Cl)c1nn[nH]n1. The van der Waals surface area contributed by atoms with Crippen LogP contribution in [0, 0.1) is 0 Å². The molecule has 0 aliphatic rings. The van der Waals surface area contributed by atoms with Gasteiger partial charge in [0.1, 0.15) is 0 Å². The molecule has 0 radical (unpaired) electrons. The third-order valence-electron chi connectivity index (χ3n) is 2.67. The molecule has 96 valence electrons. The van der Waals surface area contributed by atoms with Crippen LogP contribution < -0.4 is 5.32 Å². The van der Waals surface area contributed by atoms with Crippen molar-refractivity contribution in [1.29, 1.82) is 0 Å². The van der Waals surface area contributed by atoms with Crippen molar-refractivity contribution in [2.75, 3.05) is 0 Å². The van der Waals surface area contributed by atoms with Crippen LogP contribution >= 0.6 is 23.2 Å². The number of hydrogen-bond acceptors (Lipinski definition) is 4. The summed E-state index contributed by atoms with van der Waals surface area (Å²) in [6, 6.07) is 5.41. The van der Waals surface area contributed by atoms with Gasteiger partial charge in [-0.25, -0.2) is 0 Å². The third-order valence-corrected chi connectivity index (χ3v) is 3.25. The monoisotopic (exact) mass is 285 g/mol. The number of aromatic nitrogens is 4. The first kappa shape index (κ1) is 13.3. The molecule has 0 aliphatic heterocycles. The molecule has 0 fully saturated rings. The lowest BCUT2D eigenvalue weighted by Gasteiger charge is -2.19. The molecule has 7 heteroatoms. The molecule has 0 aliphatic carbocycles. The van der Waals surface area contributed by atoms with Gasteiger partial charge in [-0.3, -0.25) is 0 Å². The van der Waals surface area contributed by atoms with Gasteiger partial charge >= 0.3 is 0 Å². The molecule has 1 aromatic carbocycles. The van der Waals surface area contributed by atoms with Crippen LogP contribution in [0.5, 0.6) is 0 Å². The summed E-state index contributed by atoms with van der Waals surface area (Å²) >= 11 is 12.1. The fraction of sp³-hybridized carbons (Fsp3) is 0.364. The Bertz CT molecular complexity index is 514. The number of tetrazole rings is 1. The second-order valence-electron chi connectivity index (χ2n) is 4.05. The van der Waals surface area contributed by atoms with Crippen LogP contribution in [-0.4, -0.2) is 20.6 Å². The first-order chi connectivity index (χ1) is 8.58. The highest BCUT2D eigenvalue weighted by atomic mass is 35.5. The molecule has 0 spiro atoms. The number of hydrogen-bond donors (Lipinski definition) is 2. The van der Waals surface area contributed by atoms with Crippen molar-refractivity contribution in [3.8, 4) is 0 Å². The molecule has 2 aromatic rings. The fourth-order valence-corrected chi connectivity index (χ4v) is 2.20. The quantitative estimate of drug-likeness (QED) is 0.907. The maximum absolute atomic E-state index is 6.15. The van der Waals surface area contributed by atoms with Crippen LogP contribution in [0.1, 0.15) is 37.3 Å². The van der Waals surface area contributed by atoms with Crippen LogP contribution in [0.4, 0.5) is 0 Å². The van der Waals surface area contributed by atoms with Crippen LogP contribution in [0.25, 0.3) is 0 Å². The van der Waals surface area contributed by atoms with E-state index in [2.05, 4.69) is 25.9 Å².